The minimum absolute atomic E-state index is 1.08. The summed E-state index contributed by atoms with van der Waals surface area (Å²) in [5, 5.41) is 2.75. The fourth-order valence-corrected chi connectivity index (χ4v) is 4.91. The first-order valence-corrected chi connectivity index (χ1v) is 9.25. The molecule has 0 aliphatic heterocycles. The molecule has 24 heavy (non-hydrogen) atoms. The lowest BCUT2D eigenvalue weighted by atomic mass is 10.1. The molecule has 0 fully saturated rings. The van der Waals surface area contributed by atoms with Gasteiger partial charge in [-0.05, 0) is 36.6 Å². The highest BCUT2D eigenvalue weighted by Gasteiger charge is 2.14. The molecule has 0 saturated heterocycles. The molecule has 0 amide bonds. The van der Waals surface area contributed by atoms with E-state index in [1.807, 2.05) is 11.3 Å². The molecular formula is C22H21NS. The lowest BCUT2D eigenvalue weighted by Crippen LogP contribution is -2.10. The Hall–Kier alpha value is -2.32. The number of hydrogen-bond acceptors (Lipinski definition) is 2. The van der Waals surface area contributed by atoms with Crippen molar-refractivity contribution < 1.29 is 0 Å². The number of thiophene rings is 1. The summed E-state index contributed by atoms with van der Waals surface area (Å²) in [6.07, 6.45) is 1.08. The quantitative estimate of drug-likeness (QED) is 0.404. The fraction of sp³-hybridized carbons (Fsp3) is 0.182. The Kier molecular flexibility index (Phi) is 3.78. The summed E-state index contributed by atoms with van der Waals surface area (Å²) in [5.74, 6) is 0. The van der Waals surface area contributed by atoms with E-state index in [0.29, 0.717) is 0 Å². The van der Waals surface area contributed by atoms with Crippen molar-refractivity contribution in [2.45, 2.75) is 20.3 Å². The largest absolute Gasteiger partial charge is 0.343 e. The highest BCUT2D eigenvalue weighted by atomic mass is 32.1. The van der Waals surface area contributed by atoms with Crippen LogP contribution in [0.15, 0.2) is 60.7 Å². The molecule has 4 rings (SSSR count). The third kappa shape index (κ3) is 2.30. The van der Waals surface area contributed by atoms with Crippen LogP contribution in [-0.4, -0.2) is 7.05 Å². The predicted octanol–water partition coefficient (Wildman–Crippen LogP) is 6.69. The number of nitrogens with zero attached hydrogens (tertiary/aromatic N) is 1. The van der Waals surface area contributed by atoms with Gasteiger partial charge in [0.2, 0.25) is 0 Å². The second-order valence-corrected chi connectivity index (χ2v) is 7.27. The van der Waals surface area contributed by atoms with Crippen molar-refractivity contribution in [2.75, 3.05) is 11.9 Å². The van der Waals surface area contributed by atoms with Crippen LogP contribution in [0.3, 0.4) is 0 Å². The maximum atomic E-state index is 2.32. The number of para-hydroxylation sites is 1. The molecule has 4 aromatic rings. The topological polar surface area (TPSA) is 3.24 Å². The molecule has 2 heteroatoms. The lowest BCUT2D eigenvalue weighted by molar-refractivity contribution is 1.16. The van der Waals surface area contributed by atoms with Crippen LogP contribution in [0.5, 0.6) is 0 Å². The summed E-state index contributed by atoms with van der Waals surface area (Å²) in [6, 6.07) is 21.9. The predicted molar refractivity (Wildman–Crippen MR) is 108 cm³/mol. The normalized spacial score (nSPS) is 11.3. The van der Waals surface area contributed by atoms with Crippen LogP contribution in [0.2, 0.25) is 0 Å². The molecule has 1 nitrogen and oxygen atoms in total. The first kappa shape index (κ1) is 15.2. The van der Waals surface area contributed by atoms with Crippen LogP contribution in [0.4, 0.5) is 11.4 Å². The van der Waals surface area contributed by atoms with Crippen molar-refractivity contribution in [2.24, 2.45) is 0 Å². The van der Waals surface area contributed by atoms with Gasteiger partial charge in [-0.15, -0.1) is 11.3 Å². The lowest BCUT2D eigenvalue weighted by Gasteiger charge is -2.22. The van der Waals surface area contributed by atoms with E-state index in [0.717, 1.165) is 6.42 Å². The molecular weight excluding hydrogens is 310 g/mol. The third-order valence-electron chi connectivity index (χ3n) is 4.80. The second kappa shape index (κ2) is 5.95. The molecule has 0 aliphatic carbocycles. The number of rotatable bonds is 3. The van der Waals surface area contributed by atoms with Gasteiger partial charge in [-0.3, -0.25) is 0 Å². The van der Waals surface area contributed by atoms with Crippen LogP contribution in [0.25, 0.3) is 20.2 Å². The molecule has 0 aliphatic rings. The van der Waals surface area contributed by atoms with Crippen molar-refractivity contribution >= 4 is 42.9 Å². The highest BCUT2D eigenvalue weighted by molar-refractivity contribution is 7.26. The minimum Gasteiger partial charge on any atom is -0.343 e. The van der Waals surface area contributed by atoms with Gasteiger partial charge in [0, 0.05) is 28.2 Å². The number of fused-ring (bicyclic) bond motifs is 3. The molecule has 1 heterocycles. The zero-order valence-electron chi connectivity index (χ0n) is 14.3. The second-order valence-electron chi connectivity index (χ2n) is 6.25. The van der Waals surface area contributed by atoms with Crippen molar-refractivity contribution in [1.82, 2.24) is 0 Å². The average Bonchev–Trinajstić information content (AvgIpc) is 3.00. The number of aryl methyl sites for hydroxylation is 2. The van der Waals surface area contributed by atoms with E-state index < -0.39 is 0 Å². The Morgan fingerprint density at radius 3 is 2.21 bits per heavy atom. The van der Waals surface area contributed by atoms with Crippen LogP contribution in [0.1, 0.15) is 18.1 Å². The van der Waals surface area contributed by atoms with E-state index in [4.69, 9.17) is 0 Å². The molecule has 1 aromatic heterocycles. The molecule has 0 atom stereocenters. The van der Waals surface area contributed by atoms with Gasteiger partial charge >= 0.3 is 0 Å². The zero-order chi connectivity index (χ0) is 16.7. The first-order valence-electron chi connectivity index (χ1n) is 8.43. The molecule has 0 saturated carbocycles. The van der Waals surface area contributed by atoms with Gasteiger partial charge in [-0.25, -0.2) is 0 Å². The van der Waals surface area contributed by atoms with Crippen LogP contribution >= 0.6 is 11.3 Å². The molecule has 0 N–H and O–H groups in total. The molecule has 0 bridgehead atoms. The molecule has 0 radical (unpaired) electrons. The minimum atomic E-state index is 1.08. The molecule has 0 spiro atoms. The van der Waals surface area contributed by atoms with E-state index in [9.17, 15) is 0 Å². The van der Waals surface area contributed by atoms with Gasteiger partial charge < -0.3 is 4.90 Å². The van der Waals surface area contributed by atoms with Gasteiger partial charge in [-0.2, -0.15) is 0 Å². The maximum Gasteiger partial charge on any atom is 0.0592 e. The van der Waals surface area contributed by atoms with E-state index in [2.05, 4.69) is 86.5 Å². The Balaban J connectivity index is 1.98. The molecule has 120 valence electrons. The maximum absolute atomic E-state index is 2.32. The first-order chi connectivity index (χ1) is 11.7. The summed E-state index contributed by atoms with van der Waals surface area (Å²) in [7, 11) is 2.17. The summed E-state index contributed by atoms with van der Waals surface area (Å²) < 4.78 is 2.81. The summed E-state index contributed by atoms with van der Waals surface area (Å²) in [6.45, 7) is 4.41. The van der Waals surface area contributed by atoms with E-state index in [-0.39, 0.29) is 0 Å². The molecule has 3 aromatic carbocycles. The Labute approximate surface area is 147 Å². The SMILES string of the molecule is CCc1cccc2c1sc1c(N(C)c3ccccc3C)cccc12. The van der Waals surface area contributed by atoms with Crippen molar-refractivity contribution in [3.8, 4) is 0 Å². The average molecular weight is 331 g/mol. The van der Waals surface area contributed by atoms with E-state index in [1.165, 1.54) is 42.7 Å². The zero-order valence-corrected chi connectivity index (χ0v) is 15.2. The van der Waals surface area contributed by atoms with Gasteiger partial charge in [-0.1, -0.05) is 55.5 Å². The Bertz CT molecular complexity index is 1030. The van der Waals surface area contributed by atoms with Gasteiger partial charge in [0.15, 0.2) is 0 Å². The van der Waals surface area contributed by atoms with Crippen LogP contribution in [-0.2, 0) is 6.42 Å². The van der Waals surface area contributed by atoms with Gasteiger partial charge in [0.1, 0.15) is 0 Å². The van der Waals surface area contributed by atoms with E-state index >= 15 is 0 Å². The fourth-order valence-electron chi connectivity index (χ4n) is 3.48. The highest BCUT2D eigenvalue weighted by Crippen LogP contribution is 2.42. The smallest absolute Gasteiger partial charge is 0.0592 e. The summed E-state index contributed by atoms with van der Waals surface area (Å²) in [4.78, 5) is 2.32. The Morgan fingerprint density at radius 2 is 1.46 bits per heavy atom. The standard InChI is InChI=1S/C22H21NS/c1-4-16-10-7-11-17-18-12-8-14-20(22(18)24-21(16)17)23(3)19-13-6-5-9-15(19)2/h5-14H,4H2,1-3H3. The van der Waals surface area contributed by atoms with Crippen molar-refractivity contribution in [1.29, 1.82) is 0 Å². The van der Waals surface area contributed by atoms with Crippen LogP contribution < -0.4 is 4.90 Å². The van der Waals surface area contributed by atoms with Gasteiger partial charge in [0.05, 0.1) is 10.4 Å². The van der Waals surface area contributed by atoms with Crippen molar-refractivity contribution in [3.05, 3.63) is 71.8 Å². The van der Waals surface area contributed by atoms with Crippen LogP contribution in [0, 0.1) is 6.92 Å². The molecule has 0 unspecified atom stereocenters. The van der Waals surface area contributed by atoms with E-state index in [1.54, 1.807) is 0 Å². The summed E-state index contributed by atoms with van der Waals surface area (Å²) in [5.41, 5.74) is 5.29. The number of benzene rings is 3. The van der Waals surface area contributed by atoms with Crippen molar-refractivity contribution in [3.63, 3.8) is 0 Å². The summed E-state index contributed by atoms with van der Waals surface area (Å²) >= 11 is 1.93. The monoisotopic (exact) mass is 331 g/mol. The van der Waals surface area contributed by atoms with Gasteiger partial charge in [0.25, 0.3) is 0 Å². The third-order valence-corrected chi connectivity index (χ3v) is 6.12. The Morgan fingerprint density at radius 1 is 0.792 bits per heavy atom. The number of anilines is 2. The number of hydrogen-bond donors (Lipinski definition) is 0.